The monoisotopic (exact) mass is 1090 g/mol. The van der Waals surface area contributed by atoms with E-state index in [0.717, 1.165) is 70.6 Å². The summed E-state index contributed by atoms with van der Waals surface area (Å²) in [5, 5.41) is 21.0. The Morgan fingerprint density at radius 1 is 0.343 bits per heavy atom. The number of hydrogen-bond acceptors (Lipinski definition) is 9. The molecule has 0 atom stereocenters. The maximum absolute atomic E-state index is 12.8. The molecule has 2 radical (unpaired) electrons. The van der Waals surface area contributed by atoms with Gasteiger partial charge >= 0.3 is 0 Å². The van der Waals surface area contributed by atoms with Gasteiger partial charge in [0.1, 0.15) is 23.0 Å². The molecule has 3 aliphatic rings. The van der Waals surface area contributed by atoms with Crippen molar-refractivity contribution in [2.24, 2.45) is 0 Å². The zero-order chi connectivity index (χ0) is 45.8. The van der Waals surface area contributed by atoms with Crippen molar-refractivity contribution in [3.05, 3.63) is 191 Å². The van der Waals surface area contributed by atoms with Crippen molar-refractivity contribution in [1.82, 2.24) is 0 Å². The molecule has 0 heterocycles. The van der Waals surface area contributed by atoms with E-state index < -0.39 is 17.4 Å². The molecular formula is C59H64O9Y2-2. The summed E-state index contributed by atoms with van der Waals surface area (Å²) in [6.07, 6.45) is 13.3. The summed E-state index contributed by atoms with van der Waals surface area (Å²) in [5.41, 5.74) is 3.56. The number of carbonyl (C=O) groups excluding carboxylic acids is 3. The number of carbonyl (C=O) groups is 3. The van der Waals surface area contributed by atoms with Gasteiger partial charge in [-0.3, -0.25) is 14.4 Å². The Balaban J connectivity index is 0.000000292. The molecule has 3 fully saturated rings. The Bertz CT molecular complexity index is 2340. The zero-order valence-electron chi connectivity index (χ0n) is 38.4. The minimum absolute atomic E-state index is 0. The van der Waals surface area contributed by atoms with Crippen LogP contribution < -0.4 is 18.9 Å². The Hall–Kier alpha value is -4.34. The van der Waals surface area contributed by atoms with Gasteiger partial charge in [0.2, 0.25) is 11.6 Å². The van der Waals surface area contributed by atoms with Gasteiger partial charge in [-0.25, -0.2) is 0 Å². The average molecular weight is 1090 g/mol. The van der Waals surface area contributed by atoms with E-state index in [4.69, 9.17) is 18.9 Å². The fourth-order valence-corrected chi connectivity index (χ4v) is 8.87. The molecule has 0 unspecified atom stereocenters. The molecule has 3 aliphatic carbocycles. The van der Waals surface area contributed by atoms with Gasteiger partial charge in [-0.1, -0.05) is 45.2 Å². The van der Waals surface area contributed by atoms with Crippen molar-refractivity contribution in [2.75, 3.05) is 0 Å². The second kappa shape index (κ2) is 27.5. The molecule has 0 aromatic heterocycles. The van der Waals surface area contributed by atoms with Gasteiger partial charge in [0.15, 0.2) is 17.3 Å². The van der Waals surface area contributed by atoms with E-state index in [0.29, 0.717) is 82.1 Å². The predicted molar refractivity (Wildman–Crippen MR) is 264 cm³/mol. The van der Waals surface area contributed by atoms with E-state index in [9.17, 15) is 24.6 Å². The minimum atomic E-state index is -1.10. The molecule has 0 bridgehead atoms. The quantitative estimate of drug-likeness (QED) is 0.0622. The van der Waals surface area contributed by atoms with Crippen molar-refractivity contribution in [1.29, 1.82) is 0 Å². The smallest absolute Gasteiger partial charge is 0.251 e. The zero-order valence-corrected chi connectivity index (χ0v) is 44.0. The van der Waals surface area contributed by atoms with Crippen LogP contribution >= 0.6 is 0 Å². The van der Waals surface area contributed by atoms with Gasteiger partial charge in [-0.05, 0) is 136 Å². The molecule has 0 aliphatic heterocycles. The fraction of sp³-hybridized carbons (Fsp3) is 0.339. The summed E-state index contributed by atoms with van der Waals surface area (Å²) < 4.78 is 24.4. The standard InChI is InChI=1S/C32H26O4.C25H30O5.2CH4.2Y/c33-30(24-10-4-1-5-11-24)26-14-18-28(19-15-26)35-32(22-8-3-9-23-32)36-29-20-16-27(17-21-29)31(34)25-12-6-2-7-13-25;26-23(19-7-11-21(12-8-19)29-24(27)15-3-1-4-16-24)20-9-13-22(14-10-20)30-25(28)17-5-2-6-18-25;;;;/h4-7,10-21H,3,8-9,22-23H2;7-14,27-28H,1-6,15-18H2;2*1H4;;/q-2;;;;;. The van der Waals surface area contributed by atoms with Crippen LogP contribution in [0.5, 0.6) is 23.0 Å². The minimum Gasteiger partial charge on any atom is -0.463 e. The van der Waals surface area contributed by atoms with Crippen LogP contribution in [0.1, 0.15) is 159 Å². The topological polar surface area (TPSA) is 129 Å². The van der Waals surface area contributed by atoms with E-state index in [1.807, 2.05) is 24.3 Å². The largest absolute Gasteiger partial charge is 0.463 e. The van der Waals surface area contributed by atoms with E-state index in [1.54, 1.807) is 121 Å². The van der Waals surface area contributed by atoms with Crippen LogP contribution in [0.15, 0.2) is 146 Å². The van der Waals surface area contributed by atoms with E-state index in [2.05, 4.69) is 12.1 Å². The van der Waals surface area contributed by atoms with Crippen LogP contribution in [0.4, 0.5) is 0 Å². The Kier molecular flexibility index (Phi) is 22.9. The summed E-state index contributed by atoms with van der Waals surface area (Å²) in [5.74, 6) is -0.708. The third-order valence-corrected chi connectivity index (χ3v) is 12.5. The van der Waals surface area contributed by atoms with Crippen LogP contribution in [0.3, 0.4) is 0 Å². The van der Waals surface area contributed by atoms with Gasteiger partial charge in [0.05, 0.1) is 0 Å². The number of hydrogen-bond donors (Lipinski definition) is 2. The van der Waals surface area contributed by atoms with E-state index >= 15 is 0 Å². The second-order valence-electron chi connectivity index (χ2n) is 17.6. The molecule has 2 N–H and O–H groups in total. The second-order valence-corrected chi connectivity index (χ2v) is 17.6. The van der Waals surface area contributed by atoms with Crippen molar-refractivity contribution in [2.45, 2.75) is 129 Å². The number of rotatable bonds is 14. The van der Waals surface area contributed by atoms with Crippen LogP contribution in [-0.2, 0) is 65.4 Å². The van der Waals surface area contributed by atoms with Gasteiger partial charge in [-0.15, -0.1) is 0 Å². The van der Waals surface area contributed by atoms with E-state index in [-0.39, 0.29) is 97.6 Å². The van der Waals surface area contributed by atoms with Crippen molar-refractivity contribution < 1.29 is 109 Å². The van der Waals surface area contributed by atoms with Crippen LogP contribution in [-0.4, -0.2) is 44.9 Å². The molecule has 3 saturated carbocycles. The van der Waals surface area contributed by atoms with E-state index in [1.165, 1.54) is 0 Å². The first-order valence-corrected chi connectivity index (χ1v) is 23.2. The van der Waals surface area contributed by atoms with Crippen molar-refractivity contribution in [3.63, 3.8) is 0 Å². The summed E-state index contributed by atoms with van der Waals surface area (Å²) in [7, 11) is 0. The molecule has 362 valence electrons. The number of ketones is 3. The summed E-state index contributed by atoms with van der Waals surface area (Å²) in [6.45, 7) is 0. The number of ether oxygens (including phenoxy) is 4. The molecule has 0 spiro atoms. The summed E-state index contributed by atoms with van der Waals surface area (Å²) in [6, 6.07) is 48.1. The molecule has 0 saturated heterocycles. The maximum atomic E-state index is 12.8. The van der Waals surface area contributed by atoms with Gasteiger partial charge in [0.25, 0.3) is 5.79 Å². The van der Waals surface area contributed by atoms with Crippen molar-refractivity contribution in [3.8, 4) is 23.0 Å². The number of aliphatic hydroxyl groups is 2. The molecule has 0 amide bonds. The third kappa shape index (κ3) is 15.8. The predicted octanol–water partition coefficient (Wildman–Crippen LogP) is 13.1. The molecule has 9 nitrogen and oxygen atoms in total. The summed E-state index contributed by atoms with van der Waals surface area (Å²) in [4.78, 5) is 38.2. The SMILES string of the molecule is C.C.O=C(c1cc[c-]cc1)c1ccc(OC2(Oc3ccc(C(=O)c4cc[c-]cc4)cc3)CCCCC2)cc1.O=C(c1ccc(OC2(O)CCCCC2)cc1)c1ccc(OC2(O)CCCCC2)cc1.[Y].[Y]. The first kappa shape index (κ1) is 58.2. The Morgan fingerprint density at radius 2 is 0.571 bits per heavy atom. The summed E-state index contributed by atoms with van der Waals surface area (Å²) >= 11 is 0. The molecule has 11 heteroatoms. The van der Waals surface area contributed by atoms with Gasteiger partial charge in [0, 0.05) is 126 Å². The third-order valence-electron chi connectivity index (χ3n) is 12.5. The maximum Gasteiger partial charge on any atom is 0.251 e. The van der Waals surface area contributed by atoms with Gasteiger partial charge in [-0.2, -0.15) is 60.7 Å². The molecule has 6 aromatic rings. The normalized spacial score (nSPS) is 16.2. The van der Waals surface area contributed by atoms with Crippen LogP contribution in [0, 0.1) is 12.1 Å². The van der Waals surface area contributed by atoms with Crippen LogP contribution in [0.25, 0.3) is 0 Å². The Labute approximate surface area is 464 Å². The Morgan fingerprint density at radius 3 is 0.843 bits per heavy atom. The fourth-order valence-electron chi connectivity index (χ4n) is 8.87. The average Bonchev–Trinajstić information content (AvgIpc) is 3.35. The molecule has 6 aromatic carbocycles. The van der Waals surface area contributed by atoms with Crippen molar-refractivity contribution >= 4 is 17.3 Å². The first-order valence-electron chi connectivity index (χ1n) is 23.2. The molecule has 70 heavy (non-hydrogen) atoms. The molecule has 9 rings (SSSR count). The first-order chi connectivity index (χ1) is 32.1. The van der Waals surface area contributed by atoms with Gasteiger partial charge < -0.3 is 29.2 Å². The number of benzene rings is 6. The van der Waals surface area contributed by atoms with Crippen LogP contribution in [0.2, 0.25) is 0 Å². The molecular weight excluding hydrogens is 1030 g/mol.